The molecule has 4 nitrogen and oxygen atoms in total. The Kier molecular flexibility index (Phi) is 4.28. The first kappa shape index (κ1) is 12.2. The number of esters is 1. The number of carbonyl (C=O) groups is 2. The van der Waals surface area contributed by atoms with E-state index in [-0.39, 0.29) is 5.91 Å². The average molecular weight is 292 g/mol. The maximum absolute atomic E-state index is 11.4. The van der Waals surface area contributed by atoms with Crippen molar-refractivity contribution in [2.45, 2.75) is 13.0 Å². The van der Waals surface area contributed by atoms with Crippen molar-refractivity contribution in [3.05, 3.63) is 20.8 Å². The van der Waals surface area contributed by atoms with Crippen LogP contribution in [-0.2, 0) is 14.3 Å². The first-order valence-electron chi connectivity index (χ1n) is 4.13. The first-order chi connectivity index (χ1) is 7.04. The Hall–Kier alpha value is -0.880. The minimum Gasteiger partial charge on any atom is -0.467 e. The minimum atomic E-state index is -0.719. The standard InChI is InChI=1S/C9H10BrNO3S/c1-5(12)11-8(9(13)14-2)7-3-6(10)4-15-7/h3-4,8H,1-2H3,(H,11,12). The molecule has 1 N–H and O–H groups in total. The monoisotopic (exact) mass is 291 g/mol. The highest BCUT2D eigenvalue weighted by atomic mass is 79.9. The molecule has 0 saturated heterocycles. The number of halogens is 1. The van der Waals surface area contributed by atoms with E-state index in [1.165, 1.54) is 25.4 Å². The smallest absolute Gasteiger partial charge is 0.333 e. The Morgan fingerprint density at radius 3 is 2.67 bits per heavy atom. The molecule has 0 aliphatic heterocycles. The van der Waals surface area contributed by atoms with Gasteiger partial charge in [0.2, 0.25) is 5.91 Å². The van der Waals surface area contributed by atoms with Gasteiger partial charge in [0.05, 0.1) is 7.11 Å². The van der Waals surface area contributed by atoms with Gasteiger partial charge in [-0.1, -0.05) is 0 Å². The zero-order valence-corrected chi connectivity index (χ0v) is 10.6. The number of ether oxygens (including phenoxy) is 1. The molecule has 1 amide bonds. The van der Waals surface area contributed by atoms with E-state index in [0.29, 0.717) is 0 Å². The summed E-state index contributed by atoms with van der Waals surface area (Å²) in [4.78, 5) is 23.1. The Balaban J connectivity index is 2.90. The number of rotatable bonds is 3. The van der Waals surface area contributed by atoms with Crippen LogP contribution in [0.5, 0.6) is 0 Å². The highest BCUT2D eigenvalue weighted by molar-refractivity contribution is 9.10. The molecule has 82 valence electrons. The van der Waals surface area contributed by atoms with Crippen LogP contribution in [0.3, 0.4) is 0 Å². The molecule has 0 spiro atoms. The highest BCUT2D eigenvalue weighted by Crippen LogP contribution is 2.26. The largest absolute Gasteiger partial charge is 0.467 e. The predicted octanol–water partition coefficient (Wildman–Crippen LogP) is 1.86. The van der Waals surface area contributed by atoms with Gasteiger partial charge in [-0.05, 0) is 22.0 Å². The quantitative estimate of drug-likeness (QED) is 0.865. The second-order valence-electron chi connectivity index (χ2n) is 2.82. The molecule has 6 heteroatoms. The molecule has 0 saturated carbocycles. The lowest BCUT2D eigenvalue weighted by atomic mass is 10.2. The average Bonchev–Trinajstić information content (AvgIpc) is 2.59. The Morgan fingerprint density at radius 2 is 2.27 bits per heavy atom. The molecule has 0 aromatic carbocycles. The van der Waals surface area contributed by atoms with Crippen LogP contribution in [-0.4, -0.2) is 19.0 Å². The van der Waals surface area contributed by atoms with Crippen LogP contribution in [0.25, 0.3) is 0 Å². The van der Waals surface area contributed by atoms with E-state index in [0.717, 1.165) is 9.35 Å². The SMILES string of the molecule is COC(=O)C(NC(C)=O)c1cc(Br)cs1. The summed E-state index contributed by atoms with van der Waals surface area (Å²) in [6.45, 7) is 1.36. The maximum atomic E-state index is 11.4. The molecular weight excluding hydrogens is 282 g/mol. The van der Waals surface area contributed by atoms with Gasteiger partial charge in [0.1, 0.15) is 0 Å². The van der Waals surface area contributed by atoms with Crippen LogP contribution in [0.15, 0.2) is 15.9 Å². The lowest BCUT2D eigenvalue weighted by Gasteiger charge is -2.13. The highest BCUT2D eigenvalue weighted by Gasteiger charge is 2.23. The van der Waals surface area contributed by atoms with Gasteiger partial charge in [0, 0.05) is 21.7 Å². The van der Waals surface area contributed by atoms with E-state index < -0.39 is 12.0 Å². The maximum Gasteiger partial charge on any atom is 0.333 e. The van der Waals surface area contributed by atoms with E-state index in [9.17, 15) is 9.59 Å². The number of amides is 1. The van der Waals surface area contributed by atoms with E-state index in [2.05, 4.69) is 26.0 Å². The van der Waals surface area contributed by atoms with Crippen molar-refractivity contribution in [3.8, 4) is 0 Å². The zero-order valence-electron chi connectivity index (χ0n) is 8.24. The van der Waals surface area contributed by atoms with E-state index in [4.69, 9.17) is 0 Å². The molecule has 1 aromatic heterocycles. The fourth-order valence-corrected chi connectivity index (χ4v) is 2.53. The number of thiophene rings is 1. The summed E-state index contributed by atoms with van der Waals surface area (Å²) in [5, 5.41) is 4.38. The van der Waals surface area contributed by atoms with Crippen molar-refractivity contribution < 1.29 is 14.3 Å². The summed E-state index contributed by atoms with van der Waals surface area (Å²) >= 11 is 4.66. The third kappa shape index (κ3) is 3.32. The topological polar surface area (TPSA) is 55.4 Å². The van der Waals surface area contributed by atoms with Gasteiger partial charge in [0.25, 0.3) is 0 Å². The number of nitrogens with one attached hydrogen (secondary N) is 1. The van der Waals surface area contributed by atoms with Crippen LogP contribution >= 0.6 is 27.3 Å². The van der Waals surface area contributed by atoms with Crippen LogP contribution in [0.1, 0.15) is 17.8 Å². The van der Waals surface area contributed by atoms with E-state index in [1.54, 1.807) is 6.07 Å². The number of carbonyl (C=O) groups excluding carboxylic acids is 2. The molecule has 1 aromatic rings. The van der Waals surface area contributed by atoms with Crippen LogP contribution in [0.2, 0.25) is 0 Å². The summed E-state index contributed by atoms with van der Waals surface area (Å²) < 4.78 is 5.49. The Bertz CT molecular complexity index is 377. The molecule has 15 heavy (non-hydrogen) atoms. The molecular formula is C9H10BrNO3S. The van der Waals surface area contributed by atoms with Gasteiger partial charge >= 0.3 is 5.97 Å². The van der Waals surface area contributed by atoms with Gasteiger partial charge in [-0.3, -0.25) is 4.79 Å². The van der Waals surface area contributed by atoms with Crippen molar-refractivity contribution in [1.29, 1.82) is 0 Å². The molecule has 0 radical (unpaired) electrons. The fraction of sp³-hybridized carbons (Fsp3) is 0.333. The van der Waals surface area contributed by atoms with Gasteiger partial charge < -0.3 is 10.1 Å². The number of hydrogen-bond acceptors (Lipinski definition) is 4. The minimum absolute atomic E-state index is 0.269. The van der Waals surface area contributed by atoms with Crippen LogP contribution in [0.4, 0.5) is 0 Å². The second-order valence-corrected chi connectivity index (χ2v) is 4.68. The molecule has 0 bridgehead atoms. The third-order valence-electron chi connectivity index (χ3n) is 1.66. The molecule has 1 unspecified atom stereocenters. The first-order valence-corrected chi connectivity index (χ1v) is 5.80. The summed E-state index contributed by atoms with van der Waals surface area (Å²) in [6.07, 6.45) is 0. The number of hydrogen-bond donors (Lipinski definition) is 1. The molecule has 1 atom stereocenters. The van der Waals surface area contributed by atoms with Gasteiger partial charge in [-0.25, -0.2) is 4.79 Å². The van der Waals surface area contributed by atoms with Gasteiger partial charge in [-0.15, -0.1) is 11.3 Å². The zero-order chi connectivity index (χ0) is 11.4. The van der Waals surface area contributed by atoms with Gasteiger partial charge in [-0.2, -0.15) is 0 Å². The van der Waals surface area contributed by atoms with Crippen molar-refractivity contribution in [1.82, 2.24) is 5.32 Å². The molecule has 0 aliphatic carbocycles. The van der Waals surface area contributed by atoms with Crippen molar-refractivity contribution in [2.75, 3.05) is 7.11 Å². The third-order valence-corrected chi connectivity index (χ3v) is 3.42. The number of methoxy groups -OCH3 is 1. The predicted molar refractivity (Wildman–Crippen MR) is 60.6 cm³/mol. The summed E-state index contributed by atoms with van der Waals surface area (Å²) in [5.41, 5.74) is 0. The summed E-state index contributed by atoms with van der Waals surface area (Å²) in [7, 11) is 1.29. The summed E-state index contributed by atoms with van der Waals surface area (Å²) in [5.74, 6) is -0.741. The lowest BCUT2D eigenvalue weighted by Crippen LogP contribution is -2.32. The van der Waals surface area contributed by atoms with Gasteiger partial charge in [0.15, 0.2) is 6.04 Å². The molecule has 1 heterocycles. The normalized spacial score (nSPS) is 11.9. The van der Waals surface area contributed by atoms with E-state index in [1.807, 2.05) is 5.38 Å². The summed E-state index contributed by atoms with van der Waals surface area (Å²) in [6, 6.07) is 1.06. The van der Waals surface area contributed by atoms with Crippen molar-refractivity contribution >= 4 is 39.1 Å². The van der Waals surface area contributed by atoms with Crippen LogP contribution in [0, 0.1) is 0 Å². The Morgan fingerprint density at radius 1 is 1.60 bits per heavy atom. The molecule has 0 fully saturated rings. The van der Waals surface area contributed by atoms with Crippen molar-refractivity contribution in [3.63, 3.8) is 0 Å². The van der Waals surface area contributed by atoms with E-state index >= 15 is 0 Å². The lowest BCUT2D eigenvalue weighted by molar-refractivity contribution is -0.145. The Labute approximate surface area is 99.8 Å². The van der Waals surface area contributed by atoms with Crippen LogP contribution < -0.4 is 5.32 Å². The van der Waals surface area contributed by atoms with Crippen molar-refractivity contribution in [2.24, 2.45) is 0 Å². The molecule has 1 rings (SSSR count). The molecule has 0 aliphatic rings. The second kappa shape index (κ2) is 5.27. The fourth-order valence-electron chi connectivity index (χ4n) is 1.05.